The van der Waals surface area contributed by atoms with Gasteiger partial charge < -0.3 is 4.90 Å². The Morgan fingerprint density at radius 1 is 0.962 bits per heavy atom. The third kappa shape index (κ3) is 4.03. The number of aryl methyl sites for hydroxylation is 1. The number of rotatable bonds is 6. The monoisotopic (exact) mass is 367 g/mol. The molecule has 6 heteroatoms. The molecule has 0 saturated carbocycles. The third-order valence-electron chi connectivity index (χ3n) is 3.98. The highest BCUT2D eigenvalue weighted by Gasteiger charge is 2.15. The second-order valence-electron chi connectivity index (χ2n) is 5.90. The van der Waals surface area contributed by atoms with Gasteiger partial charge in [0, 0.05) is 12.2 Å². The van der Waals surface area contributed by atoms with Gasteiger partial charge in [-0.3, -0.25) is 4.72 Å². The molecule has 0 aliphatic carbocycles. The lowest BCUT2D eigenvalue weighted by atomic mass is 10.2. The van der Waals surface area contributed by atoms with E-state index in [9.17, 15) is 8.42 Å². The Morgan fingerprint density at radius 2 is 1.73 bits per heavy atom. The van der Waals surface area contributed by atoms with Gasteiger partial charge in [-0.05, 0) is 55.8 Å². The number of anilines is 3. The molecule has 0 aliphatic heterocycles. The van der Waals surface area contributed by atoms with Crippen molar-refractivity contribution in [1.29, 1.82) is 0 Å². The first-order chi connectivity index (χ1) is 12.5. The molecule has 0 aliphatic rings. The summed E-state index contributed by atoms with van der Waals surface area (Å²) in [4.78, 5) is 6.60. The molecule has 0 radical (unpaired) electrons. The van der Waals surface area contributed by atoms with Crippen LogP contribution in [0.4, 0.5) is 17.2 Å². The van der Waals surface area contributed by atoms with E-state index in [0.29, 0.717) is 5.82 Å². The van der Waals surface area contributed by atoms with Gasteiger partial charge in [0.15, 0.2) is 0 Å². The molecule has 5 nitrogen and oxygen atoms in total. The van der Waals surface area contributed by atoms with Crippen LogP contribution >= 0.6 is 0 Å². The lowest BCUT2D eigenvalue weighted by molar-refractivity contribution is 0.601. The van der Waals surface area contributed by atoms with E-state index < -0.39 is 10.0 Å². The maximum Gasteiger partial charge on any atom is 0.263 e. The van der Waals surface area contributed by atoms with Crippen LogP contribution in [0, 0.1) is 6.92 Å². The fourth-order valence-electron chi connectivity index (χ4n) is 2.71. The zero-order chi connectivity index (χ0) is 18.6. The van der Waals surface area contributed by atoms with Crippen LogP contribution in [0.2, 0.25) is 0 Å². The quantitative estimate of drug-likeness (QED) is 0.704. The van der Waals surface area contributed by atoms with E-state index in [0.717, 1.165) is 23.5 Å². The molecular formula is C20H21N3O2S. The molecule has 0 atom stereocenters. The van der Waals surface area contributed by atoms with Gasteiger partial charge in [0.1, 0.15) is 5.82 Å². The van der Waals surface area contributed by atoms with Crippen molar-refractivity contribution in [2.24, 2.45) is 0 Å². The molecule has 0 amide bonds. The van der Waals surface area contributed by atoms with Crippen molar-refractivity contribution in [2.45, 2.75) is 18.7 Å². The van der Waals surface area contributed by atoms with Crippen molar-refractivity contribution in [3.8, 4) is 0 Å². The molecule has 3 rings (SSSR count). The zero-order valence-corrected chi connectivity index (χ0v) is 15.6. The van der Waals surface area contributed by atoms with Crippen molar-refractivity contribution < 1.29 is 8.42 Å². The molecule has 134 valence electrons. The molecule has 0 bridgehead atoms. The van der Waals surface area contributed by atoms with Crippen molar-refractivity contribution in [2.75, 3.05) is 16.2 Å². The highest BCUT2D eigenvalue weighted by Crippen LogP contribution is 2.25. The van der Waals surface area contributed by atoms with Gasteiger partial charge >= 0.3 is 0 Å². The number of nitrogens with zero attached hydrogens (tertiary/aromatic N) is 2. The first-order valence-electron chi connectivity index (χ1n) is 8.38. The summed E-state index contributed by atoms with van der Waals surface area (Å²) in [6, 6.07) is 20.3. The molecule has 3 aromatic rings. The molecule has 0 fully saturated rings. The predicted molar refractivity (Wildman–Crippen MR) is 105 cm³/mol. The largest absolute Gasteiger partial charge is 0.341 e. The first kappa shape index (κ1) is 17.9. The molecule has 26 heavy (non-hydrogen) atoms. The molecule has 1 aromatic heterocycles. The number of hydrogen-bond acceptors (Lipinski definition) is 4. The Bertz CT molecular complexity index is 971. The van der Waals surface area contributed by atoms with Crippen LogP contribution in [0.1, 0.15) is 12.5 Å². The van der Waals surface area contributed by atoms with E-state index in [1.165, 1.54) is 0 Å². The lowest BCUT2D eigenvalue weighted by Gasteiger charge is -2.23. The standard InChI is InChI=1S/C20H21N3O2S/c1-3-23(17-9-5-4-6-10-17)18-12-13-20(21-15-18)22-26(24,25)19-11-7-8-16(2)14-19/h4-15H,3H2,1-2H3,(H,21,22). The summed E-state index contributed by atoms with van der Waals surface area (Å²) in [7, 11) is -3.65. The minimum absolute atomic E-state index is 0.225. The van der Waals surface area contributed by atoms with Crippen LogP contribution in [-0.2, 0) is 10.0 Å². The summed E-state index contributed by atoms with van der Waals surface area (Å²) in [5, 5.41) is 0. The number of hydrogen-bond donors (Lipinski definition) is 1. The molecular weight excluding hydrogens is 346 g/mol. The van der Waals surface area contributed by atoms with Crippen molar-refractivity contribution in [1.82, 2.24) is 4.98 Å². The van der Waals surface area contributed by atoms with Gasteiger partial charge in [-0.25, -0.2) is 13.4 Å². The molecule has 1 N–H and O–H groups in total. The summed E-state index contributed by atoms with van der Waals surface area (Å²) in [5.74, 6) is 0.291. The molecule has 0 saturated heterocycles. The Kier molecular flexibility index (Phi) is 5.23. The topological polar surface area (TPSA) is 62.3 Å². The number of pyridine rings is 1. The van der Waals surface area contributed by atoms with Crippen LogP contribution in [0.15, 0.2) is 77.8 Å². The minimum Gasteiger partial charge on any atom is -0.341 e. The van der Waals surface area contributed by atoms with Crippen LogP contribution in [0.25, 0.3) is 0 Å². The van der Waals surface area contributed by atoms with E-state index in [1.54, 1.807) is 30.5 Å². The van der Waals surface area contributed by atoms with Crippen molar-refractivity contribution in [3.05, 3.63) is 78.5 Å². The highest BCUT2D eigenvalue weighted by molar-refractivity contribution is 7.92. The number of nitrogens with one attached hydrogen (secondary N) is 1. The van der Waals surface area contributed by atoms with Crippen LogP contribution in [-0.4, -0.2) is 19.9 Å². The van der Waals surface area contributed by atoms with E-state index in [-0.39, 0.29) is 4.90 Å². The van der Waals surface area contributed by atoms with Gasteiger partial charge in [-0.15, -0.1) is 0 Å². The van der Waals surface area contributed by atoms with Crippen molar-refractivity contribution in [3.63, 3.8) is 0 Å². The SMILES string of the molecule is CCN(c1ccccc1)c1ccc(NS(=O)(=O)c2cccc(C)c2)nc1. The smallest absolute Gasteiger partial charge is 0.263 e. The Labute approximate surface area is 154 Å². The Balaban J connectivity index is 1.81. The molecule has 1 heterocycles. The first-order valence-corrected chi connectivity index (χ1v) is 9.86. The number of aromatic nitrogens is 1. The average Bonchev–Trinajstić information content (AvgIpc) is 2.64. The third-order valence-corrected chi connectivity index (χ3v) is 5.33. The average molecular weight is 367 g/mol. The minimum atomic E-state index is -3.65. The van der Waals surface area contributed by atoms with Gasteiger partial charge in [0.25, 0.3) is 10.0 Å². The number of para-hydroxylation sites is 1. The van der Waals surface area contributed by atoms with Crippen LogP contribution < -0.4 is 9.62 Å². The second kappa shape index (κ2) is 7.58. The van der Waals surface area contributed by atoms with E-state index >= 15 is 0 Å². The maximum absolute atomic E-state index is 12.5. The summed E-state index contributed by atoms with van der Waals surface area (Å²) in [6.45, 7) is 4.69. The summed E-state index contributed by atoms with van der Waals surface area (Å²) in [6.07, 6.45) is 1.67. The fourth-order valence-corrected chi connectivity index (χ4v) is 3.82. The van der Waals surface area contributed by atoms with E-state index in [1.807, 2.05) is 49.4 Å². The normalized spacial score (nSPS) is 11.2. The second-order valence-corrected chi connectivity index (χ2v) is 7.59. The number of sulfonamides is 1. The van der Waals surface area contributed by atoms with Crippen LogP contribution in [0.3, 0.4) is 0 Å². The fraction of sp³-hybridized carbons (Fsp3) is 0.150. The highest BCUT2D eigenvalue weighted by atomic mass is 32.2. The van der Waals surface area contributed by atoms with Gasteiger partial charge in [-0.2, -0.15) is 0 Å². The maximum atomic E-state index is 12.5. The number of benzene rings is 2. The van der Waals surface area contributed by atoms with E-state index in [2.05, 4.69) is 21.5 Å². The van der Waals surface area contributed by atoms with E-state index in [4.69, 9.17) is 0 Å². The molecule has 0 unspecified atom stereocenters. The molecule has 2 aromatic carbocycles. The Hall–Kier alpha value is -2.86. The predicted octanol–water partition coefficient (Wildman–Crippen LogP) is 4.35. The summed E-state index contributed by atoms with van der Waals surface area (Å²) in [5.41, 5.74) is 2.85. The van der Waals surface area contributed by atoms with Gasteiger partial charge in [0.05, 0.1) is 16.8 Å². The van der Waals surface area contributed by atoms with Crippen molar-refractivity contribution >= 4 is 27.2 Å². The van der Waals surface area contributed by atoms with Gasteiger partial charge in [-0.1, -0.05) is 30.3 Å². The zero-order valence-electron chi connectivity index (χ0n) is 14.8. The van der Waals surface area contributed by atoms with Gasteiger partial charge in [0.2, 0.25) is 0 Å². The molecule has 0 spiro atoms. The lowest BCUT2D eigenvalue weighted by Crippen LogP contribution is -2.17. The Morgan fingerprint density at radius 3 is 2.35 bits per heavy atom. The summed E-state index contributed by atoms with van der Waals surface area (Å²) < 4.78 is 27.5. The summed E-state index contributed by atoms with van der Waals surface area (Å²) >= 11 is 0. The van der Waals surface area contributed by atoms with Crippen LogP contribution in [0.5, 0.6) is 0 Å².